The number of aromatic amines is 1. The Morgan fingerprint density at radius 3 is 2.44 bits per heavy atom. The largest absolute Gasteiger partial charge is 0.351 e. The Morgan fingerprint density at radius 2 is 1.75 bits per heavy atom. The normalized spacial score (nSPS) is 13.1. The van der Waals surface area contributed by atoms with E-state index in [9.17, 15) is 9.18 Å². The van der Waals surface area contributed by atoms with E-state index >= 15 is 0 Å². The molecule has 1 saturated carbocycles. The van der Waals surface area contributed by atoms with Crippen molar-refractivity contribution in [2.45, 2.75) is 45.1 Å². The highest BCUT2D eigenvalue weighted by Crippen LogP contribution is 2.27. The summed E-state index contributed by atoms with van der Waals surface area (Å²) in [6.45, 7) is 1.44. The molecule has 7 nitrogen and oxygen atoms in total. The summed E-state index contributed by atoms with van der Waals surface area (Å²) >= 11 is 0. The summed E-state index contributed by atoms with van der Waals surface area (Å²) in [6.07, 6.45) is 9.41. The Bertz CT molecular complexity index is 1050. The minimum absolute atomic E-state index is 0.176. The third-order valence-electron chi connectivity index (χ3n) is 4.93. The number of nitrogens with zero attached hydrogens (tertiary/aromatic N) is 2. The van der Waals surface area contributed by atoms with Gasteiger partial charge < -0.3 is 20.8 Å². The molecule has 170 valence electrons. The molecule has 0 amide bonds. The van der Waals surface area contributed by atoms with Gasteiger partial charge in [0.25, 0.3) is 0 Å². The van der Waals surface area contributed by atoms with E-state index in [1.807, 2.05) is 30.3 Å². The van der Waals surface area contributed by atoms with E-state index in [0.29, 0.717) is 17.6 Å². The summed E-state index contributed by atoms with van der Waals surface area (Å²) in [5.41, 5.74) is 6.84. The van der Waals surface area contributed by atoms with Crippen LogP contribution in [0.15, 0.2) is 53.6 Å². The average Bonchev–Trinajstić information content (AvgIpc) is 2.83. The summed E-state index contributed by atoms with van der Waals surface area (Å²) in [5, 5.41) is 3.34. The zero-order valence-corrected chi connectivity index (χ0v) is 18.5. The fourth-order valence-corrected chi connectivity index (χ4v) is 3.54. The molecule has 0 radical (unpaired) electrons. The van der Waals surface area contributed by atoms with Gasteiger partial charge in [-0.25, -0.2) is 14.4 Å². The molecule has 2 heterocycles. The van der Waals surface area contributed by atoms with E-state index < -0.39 is 5.82 Å². The van der Waals surface area contributed by atoms with Crippen LogP contribution >= 0.6 is 0 Å². The average molecular weight is 440 g/mol. The number of pyridine rings is 1. The first-order valence-corrected chi connectivity index (χ1v) is 10.7. The zero-order valence-electron chi connectivity index (χ0n) is 18.5. The van der Waals surface area contributed by atoms with E-state index in [4.69, 9.17) is 4.79 Å². The molecule has 4 N–H and O–H groups in total. The second-order valence-electron chi connectivity index (χ2n) is 7.13. The van der Waals surface area contributed by atoms with Gasteiger partial charge in [0.15, 0.2) is 5.82 Å². The summed E-state index contributed by atoms with van der Waals surface area (Å²) in [4.78, 5) is 31.5. The molecule has 32 heavy (non-hydrogen) atoms. The van der Waals surface area contributed by atoms with Crippen molar-refractivity contribution in [3.8, 4) is 22.4 Å². The number of rotatable bonds is 4. The standard InChI is InChI=1S/C21H21FN4O.C2H4O.CH5N/c22-18-13-24-21(25-17-7-2-1-3-8-17)26-20(18)16-6-4-5-14(11-16)15-9-10-23-19(27)12-15;1-2-3;1-2/h4-6,9-13,17H,1-3,7-8H2,(H,23,27)(H,24,25,26);2H,1H3;2H2,1H3. The van der Waals surface area contributed by atoms with Crippen LogP contribution in [-0.2, 0) is 4.79 Å². The Balaban J connectivity index is 0.000000671. The number of hydrogen-bond donors (Lipinski definition) is 3. The van der Waals surface area contributed by atoms with Crippen LogP contribution in [0.25, 0.3) is 22.4 Å². The third-order valence-corrected chi connectivity index (χ3v) is 4.93. The molecule has 0 aliphatic heterocycles. The predicted molar refractivity (Wildman–Crippen MR) is 126 cm³/mol. The Morgan fingerprint density at radius 1 is 1.09 bits per heavy atom. The van der Waals surface area contributed by atoms with Gasteiger partial charge in [0.2, 0.25) is 11.5 Å². The van der Waals surface area contributed by atoms with E-state index in [1.165, 1.54) is 45.5 Å². The number of aromatic nitrogens is 3. The molecule has 3 aromatic rings. The quantitative estimate of drug-likeness (QED) is 0.526. The van der Waals surface area contributed by atoms with Crippen molar-refractivity contribution in [2.75, 3.05) is 12.4 Å². The van der Waals surface area contributed by atoms with Gasteiger partial charge in [-0.2, -0.15) is 0 Å². The third kappa shape index (κ3) is 7.09. The fraction of sp³-hybridized carbons (Fsp3) is 0.333. The molecule has 1 aromatic carbocycles. The summed E-state index contributed by atoms with van der Waals surface area (Å²) in [5.74, 6) is -0.00730. The number of H-pyrrole nitrogens is 1. The summed E-state index contributed by atoms with van der Waals surface area (Å²) in [6, 6.07) is 11.1. The van der Waals surface area contributed by atoms with Crippen molar-refractivity contribution in [1.82, 2.24) is 15.0 Å². The molecular formula is C24H30FN5O2. The van der Waals surface area contributed by atoms with Crippen LogP contribution in [0, 0.1) is 5.82 Å². The smallest absolute Gasteiger partial charge is 0.248 e. The predicted octanol–water partition coefficient (Wildman–Crippen LogP) is 4.16. The molecule has 1 aliphatic rings. The number of nitrogens with one attached hydrogen (secondary N) is 2. The first-order valence-electron chi connectivity index (χ1n) is 10.7. The maximum atomic E-state index is 14.4. The lowest BCUT2D eigenvalue weighted by molar-refractivity contribution is -0.106. The first kappa shape index (κ1) is 24.9. The molecule has 0 unspecified atom stereocenters. The second-order valence-corrected chi connectivity index (χ2v) is 7.13. The van der Waals surface area contributed by atoms with E-state index in [1.54, 1.807) is 6.20 Å². The molecular weight excluding hydrogens is 409 g/mol. The molecule has 0 bridgehead atoms. The minimum atomic E-state index is -0.466. The Kier molecular flexibility index (Phi) is 10.2. The molecule has 0 spiro atoms. The maximum absolute atomic E-state index is 14.4. The fourth-order valence-electron chi connectivity index (χ4n) is 3.54. The van der Waals surface area contributed by atoms with Crippen LogP contribution in [0.5, 0.6) is 0 Å². The zero-order chi connectivity index (χ0) is 23.3. The van der Waals surface area contributed by atoms with Gasteiger partial charge in [0, 0.05) is 23.9 Å². The molecule has 4 rings (SSSR count). The Hall–Kier alpha value is -3.39. The van der Waals surface area contributed by atoms with Crippen molar-refractivity contribution >= 4 is 12.2 Å². The van der Waals surface area contributed by atoms with Crippen LogP contribution < -0.4 is 16.6 Å². The summed E-state index contributed by atoms with van der Waals surface area (Å²) in [7, 11) is 1.50. The maximum Gasteiger partial charge on any atom is 0.248 e. The van der Waals surface area contributed by atoms with Gasteiger partial charge in [-0.1, -0.05) is 37.5 Å². The van der Waals surface area contributed by atoms with Crippen molar-refractivity contribution < 1.29 is 9.18 Å². The number of carbonyl (C=O) groups excluding carboxylic acids is 1. The minimum Gasteiger partial charge on any atom is -0.351 e. The van der Waals surface area contributed by atoms with Crippen molar-refractivity contribution in [3.63, 3.8) is 0 Å². The SMILES string of the molecule is CC=O.CN.O=c1cc(-c2cccc(-c3nc(NC4CCCCC4)ncc3F)c2)cc[nH]1. The molecule has 0 atom stereocenters. The van der Waals surface area contributed by atoms with E-state index in [2.05, 4.69) is 26.0 Å². The van der Waals surface area contributed by atoms with Crippen LogP contribution in [0.1, 0.15) is 39.0 Å². The number of halogens is 1. The highest BCUT2D eigenvalue weighted by molar-refractivity contribution is 5.71. The van der Waals surface area contributed by atoms with Gasteiger partial charge in [-0.3, -0.25) is 4.79 Å². The molecule has 2 aromatic heterocycles. The van der Waals surface area contributed by atoms with Gasteiger partial charge in [0.1, 0.15) is 12.0 Å². The second kappa shape index (κ2) is 13.1. The van der Waals surface area contributed by atoms with E-state index in [-0.39, 0.29) is 11.3 Å². The van der Waals surface area contributed by atoms with Crippen LogP contribution in [-0.4, -0.2) is 34.3 Å². The first-order chi connectivity index (χ1) is 15.6. The molecule has 1 aliphatic carbocycles. The van der Waals surface area contributed by atoms with Crippen molar-refractivity contribution in [2.24, 2.45) is 5.73 Å². The lowest BCUT2D eigenvalue weighted by Crippen LogP contribution is -2.23. The summed E-state index contributed by atoms with van der Waals surface area (Å²) < 4.78 is 14.4. The van der Waals surface area contributed by atoms with Crippen molar-refractivity contribution in [3.05, 3.63) is 65.0 Å². The topological polar surface area (TPSA) is 114 Å². The molecule has 8 heteroatoms. The molecule has 0 saturated heterocycles. The van der Waals surface area contributed by atoms with Gasteiger partial charge in [-0.15, -0.1) is 0 Å². The lowest BCUT2D eigenvalue weighted by atomic mass is 9.96. The lowest BCUT2D eigenvalue weighted by Gasteiger charge is -2.22. The monoisotopic (exact) mass is 439 g/mol. The van der Waals surface area contributed by atoms with E-state index in [0.717, 1.165) is 30.3 Å². The highest BCUT2D eigenvalue weighted by Gasteiger charge is 2.16. The van der Waals surface area contributed by atoms with Gasteiger partial charge in [-0.05, 0) is 50.1 Å². The van der Waals surface area contributed by atoms with Gasteiger partial charge >= 0.3 is 0 Å². The van der Waals surface area contributed by atoms with Crippen LogP contribution in [0.2, 0.25) is 0 Å². The number of benzene rings is 1. The number of hydrogen-bond acceptors (Lipinski definition) is 6. The van der Waals surface area contributed by atoms with Crippen LogP contribution in [0.4, 0.5) is 10.3 Å². The molecule has 1 fully saturated rings. The van der Waals surface area contributed by atoms with Gasteiger partial charge in [0.05, 0.1) is 6.20 Å². The van der Waals surface area contributed by atoms with Crippen molar-refractivity contribution in [1.29, 1.82) is 0 Å². The number of aldehydes is 1. The number of nitrogens with two attached hydrogens (primary N) is 1. The highest BCUT2D eigenvalue weighted by atomic mass is 19.1. The Labute approximate surface area is 187 Å². The van der Waals surface area contributed by atoms with Crippen LogP contribution in [0.3, 0.4) is 0 Å². The number of carbonyl (C=O) groups is 1. The number of anilines is 1.